The zero-order valence-electron chi connectivity index (χ0n) is 13.1. The van der Waals surface area contributed by atoms with E-state index in [0.717, 1.165) is 37.3 Å². The second kappa shape index (κ2) is 5.42. The third-order valence-electron chi connectivity index (χ3n) is 6.75. The van der Waals surface area contributed by atoms with Crippen molar-refractivity contribution in [3.8, 4) is 0 Å². The lowest BCUT2D eigenvalue weighted by molar-refractivity contribution is -0.159. The first-order chi connectivity index (χ1) is 9.56. The first-order valence-electron chi connectivity index (χ1n) is 8.61. The lowest BCUT2D eigenvalue weighted by Crippen LogP contribution is -2.57. The Bertz CT molecular complexity index is 390. The molecule has 1 saturated heterocycles. The van der Waals surface area contributed by atoms with Crippen molar-refractivity contribution in [2.45, 2.75) is 57.9 Å². The molecule has 5 fully saturated rings. The van der Waals surface area contributed by atoms with Crippen LogP contribution in [0.1, 0.15) is 51.9 Å². The van der Waals surface area contributed by atoms with Gasteiger partial charge in [-0.2, -0.15) is 0 Å². The molecular formula is C17H29ClN2O. The van der Waals surface area contributed by atoms with Crippen LogP contribution >= 0.6 is 12.4 Å². The predicted molar refractivity (Wildman–Crippen MR) is 86.2 cm³/mol. The van der Waals surface area contributed by atoms with Crippen LogP contribution in [0.3, 0.4) is 0 Å². The third kappa shape index (κ3) is 2.50. The second-order valence-electron chi connectivity index (χ2n) is 8.38. The molecular weight excluding hydrogens is 284 g/mol. The fraction of sp³-hybridized carbons (Fsp3) is 0.941. The number of carbonyl (C=O) groups is 1. The number of likely N-dealkylation sites (tertiary alicyclic amines) is 1. The molecule has 0 radical (unpaired) electrons. The van der Waals surface area contributed by atoms with Gasteiger partial charge in [0.2, 0.25) is 5.91 Å². The number of hydrogen-bond acceptors (Lipinski definition) is 2. The molecule has 4 heteroatoms. The SMILES string of the molecule is CC1CN(C(=O)C23CC4CC(CC(C4)C2)C3)CCC1N.Cl. The Balaban J connectivity index is 0.00000132. The first kappa shape index (κ1) is 15.6. The topological polar surface area (TPSA) is 46.3 Å². The van der Waals surface area contributed by atoms with Crippen molar-refractivity contribution >= 4 is 18.3 Å². The molecule has 0 aromatic carbocycles. The molecule has 2 atom stereocenters. The van der Waals surface area contributed by atoms with E-state index in [1.165, 1.54) is 38.5 Å². The molecule has 0 spiro atoms. The Hall–Kier alpha value is -0.280. The van der Waals surface area contributed by atoms with E-state index in [4.69, 9.17) is 5.73 Å². The van der Waals surface area contributed by atoms with Gasteiger partial charge in [-0.3, -0.25) is 4.79 Å². The average Bonchev–Trinajstić information content (AvgIpc) is 2.39. The van der Waals surface area contributed by atoms with Crippen LogP contribution in [0.2, 0.25) is 0 Å². The number of nitrogens with two attached hydrogens (primary N) is 1. The van der Waals surface area contributed by atoms with E-state index in [9.17, 15) is 4.79 Å². The molecule has 2 N–H and O–H groups in total. The van der Waals surface area contributed by atoms with Crippen molar-refractivity contribution in [3.63, 3.8) is 0 Å². The van der Waals surface area contributed by atoms with Crippen LogP contribution in [0, 0.1) is 29.1 Å². The van der Waals surface area contributed by atoms with Gasteiger partial charge in [0.15, 0.2) is 0 Å². The Morgan fingerprint density at radius 1 is 1.10 bits per heavy atom. The van der Waals surface area contributed by atoms with Crippen molar-refractivity contribution in [1.29, 1.82) is 0 Å². The molecule has 1 heterocycles. The molecule has 5 rings (SSSR count). The van der Waals surface area contributed by atoms with Crippen molar-refractivity contribution in [2.75, 3.05) is 13.1 Å². The zero-order valence-corrected chi connectivity index (χ0v) is 13.9. The van der Waals surface area contributed by atoms with Gasteiger partial charge in [-0.15, -0.1) is 12.4 Å². The molecule has 4 aliphatic carbocycles. The summed E-state index contributed by atoms with van der Waals surface area (Å²) in [5.74, 6) is 3.52. The fourth-order valence-electron chi connectivity index (χ4n) is 6.06. The van der Waals surface area contributed by atoms with Gasteiger partial charge in [-0.1, -0.05) is 6.92 Å². The third-order valence-corrected chi connectivity index (χ3v) is 6.75. The minimum atomic E-state index is 0. The van der Waals surface area contributed by atoms with Crippen molar-refractivity contribution in [2.24, 2.45) is 34.8 Å². The largest absolute Gasteiger partial charge is 0.342 e. The zero-order chi connectivity index (χ0) is 13.9. The van der Waals surface area contributed by atoms with Gasteiger partial charge < -0.3 is 10.6 Å². The molecule has 1 amide bonds. The molecule has 0 aromatic heterocycles. The highest BCUT2D eigenvalue weighted by atomic mass is 35.5. The second-order valence-corrected chi connectivity index (χ2v) is 8.38. The summed E-state index contributed by atoms with van der Waals surface area (Å²) in [7, 11) is 0. The Morgan fingerprint density at radius 3 is 2.10 bits per heavy atom. The monoisotopic (exact) mass is 312 g/mol. The summed E-state index contributed by atoms with van der Waals surface area (Å²) in [6.45, 7) is 3.98. The number of nitrogens with zero attached hydrogens (tertiary/aromatic N) is 1. The van der Waals surface area contributed by atoms with Crippen LogP contribution in [0.5, 0.6) is 0 Å². The molecule has 2 unspecified atom stereocenters. The van der Waals surface area contributed by atoms with Crippen molar-refractivity contribution in [3.05, 3.63) is 0 Å². The van der Waals surface area contributed by atoms with Crippen LogP contribution < -0.4 is 5.73 Å². The molecule has 120 valence electrons. The standard InChI is InChI=1S/C17H28N2O.ClH/c1-11-10-19(3-2-15(11)18)16(20)17-7-12-4-13(8-17)6-14(5-12)9-17;/h11-15H,2-10,18H2,1H3;1H. The Labute approximate surface area is 134 Å². The fourth-order valence-corrected chi connectivity index (χ4v) is 6.06. The summed E-state index contributed by atoms with van der Waals surface area (Å²) < 4.78 is 0. The first-order valence-corrected chi connectivity index (χ1v) is 8.61. The molecule has 5 aliphatic rings. The lowest BCUT2D eigenvalue weighted by atomic mass is 9.49. The predicted octanol–water partition coefficient (Wildman–Crippen LogP) is 2.82. The molecule has 21 heavy (non-hydrogen) atoms. The molecule has 1 aliphatic heterocycles. The normalized spacial score (nSPS) is 48.1. The van der Waals surface area contributed by atoms with E-state index in [0.29, 0.717) is 11.8 Å². The van der Waals surface area contributed by atoms with E-state index < -0.39 is 0 Å². The minimum Gasteiger partial charge on any atom is -0.342 e. The highest BCUT2D eigenvalue weighted by molar-refractivity contribution is 5.85. The van der Waals surface area contributed by atoms with Crippen LogP contribution in [0.15, 0.2) is 0 Å². The number of carbonyl (C=O) groups excluding carboxylic acids is 1. The smallest absolute Gasteiger partial charge is 0.228 e. The Kier molecular flexibility index (Phi) is 4.03. The van der Waals surface area contributed by atoms with E-state index >= 15 is 0 Å². The summed E-state index contributed by atoms with van der Waals surface area (Å²) in [5.41, 5.74) is 6.15. The van der Waals surface area contributed by atoms with Crippen LogP contribution in [-0.4, -0.2) is 29.9 Å². The van der Waals surface area contributed by atoms with E-state index in [-0.39, 0.29) is 23.9 Å². The maximum atomic E-state index is 13.2. The Morgan fingerprint density at radius 2 is 1.62 bits per heavy atom. The highest BCUT2D eigenvalue weighted by Gasteiger charge is 2.55. The summed E-state index contributed by atoms with van der Waals surface area (Å²) in [4.78, 5) is 15.4. The van der Waals surface area contributed by atoms with Gasteiger partial charge in [-0.05, 0) is 68.6 Å². The van der Waals surface area contributed by atoms with E-state index in [2.05, 4.69) is 11.8 Å². The molecule has 4 saturated carbocycles. The van der Waals surface area contributed by atoms with Crippen LogP contribution in [-0.2, 0) is 4.79 Å². The van der Waals surface area contributed by atoms with Crippen LogP contribution in [0.4, 0.5) is 0 Å². The number of amides is 1. The van der Waals surface area contributed by atoms with Gasteiger partial charge in [0, 0.05) is 19.1 Å². The van der Waals surface area contributed by atoms with Crippen molar-refractivity contribution in [1.82, 2.24) is 4.90 Å². The molecule has 3 nitrogen and oxygen atoms in total. The molecule has 0 aromatic rings. The number of hydrogen-bond donors (Lipinski definition) is 1. The summed E-state index contributed by atoms with van der Waals surface area (Å²) >= 11 is 0. The van der Waals surface area contributed by atoms with E-state index in [1.54, 1.807) is 0 Å². The van der Waals surface area contributed by atoms with Gasteiger partial charge in [-0.25, -0.2) is 0 Å². The van der Waals surface area contributed by atoms with Crippen LogP contribution in [0.25, 0.3) is 0 Å². The minimum absolute atomic E-state index is 0. The highest BCUT2D eigenvalue weighted by Crippen LogP contribution is 2.60. The number of halogens is 1. The maximum absolute atomic E-state index is 13.2. The quantitative estimate of drug-likeness (QED) is 0.809. The molecule has 4 bridgehead atoms. The maximum Gasteiger partial charge on any atom is 0.228 e. The summed E-state index contributed by atoms with van der Waals surface area (Å²) in [5, 5.41) is 0. The van der Waals surface area contributed by atoms with Gasteiger partial charge in [0.05, 0.1) is 5.41 Å². The number of rotatable bonds is 1. The summed E-state index contributed by atoms with van der Waals surface area (Å²) in [6.07, 6.45) is 8.78. The van der Waals surface area contributed by atoms with E-state index in [1.807, 2.05) is 0 Å². The lowest BCUT2D eigenvalue weighted by Gasteiger charge is -2.57. The van der Waals surface area contributed by atoms with Gasteiger partial charge in [0.25, 0.3) is 0 Å². The van der Waals surface area contributed by atoms with Crippen molar-refractivity contribution < 1.29 is 4.79 Å². The summed E-state index contributed by atoms with van der Waals surface area (Å²) in [6, 6.07) is 0.287. The average molecular weight is 313 g/mol. The number of piperidine rings is 1. The van der Waals surface area contributed by atoms with Gasteiger partial charge >= 0.3 is 0 Å². The van der Waals surface area contributed by atoms with Gasteiger partial charge in [0.1, 0.15) is 0 Å².